The maximum absolute atomic E-state index is 10.7. The molecule has 0 aliphatic heterocycles. The Balaban J connectivity index is 1.73. The average Bonchev–Trinajstić information content (AvgIpc) is 2.65. The number of carbonyl (C=O) groups is 1. The van der Waals surface area contributed by atoms with Crippen molar-refractivity contribution in [1.82, 2.24) is 4.98 Å². The molecule has 0 amide bonds. The van der Waals surface area contributed by atoms with Gasteiger partial charge in [0.25, 0.3) is 0 Å². The van der Waals surface area contributed by atoms with Gasteiger partial charge in [-0.2, -0.15) is 0 Å². The number of hydrogen-bond acceptors (Lipinski definition) is 4. The molecule has 150 valence electrons. The second kappa shape index (κ2) is 8.97. The smallest absolute Gasteiger partial charge is 0.303 e. The number of aliphatic carboxylic acids is 1. The standard InChI is InChI=1S/C23H22ClNO4/c1-14-10-18(26)11-15(2)23(14)20-4-3-5-21(25-20)29-13-16-6-7-17(19(24)12-16)8-9-22(27)28/h3-7,10-12,26H,8-9,13H2,1-2H3,(H,27,28). The van der Waals surface area contributed by atoms with Crippen molar-refractivity contribution in [3.63, 3.8) is 0 Å². The number of rotatable bonds is 7. The SMILES string of the molecule is Cc1cc(O)cc(C)c1-c1cccc(OCc2ccc(CCC(=O)O)c(Cl)c2)n1. The van der Waals surface area contributed by atoms with Crippen LogP contribution in [0.5, 0.6) is 11.6 Å². The minimum absolute atomic E-state index is 0.0440. The minimum atomic E-state index is -0.849. The predicted octanol–water partition coefficient (Wildman–Crippen LogP) is 5.32. The van der Waals surface area contributed by atoms with Gasteiger partial charge >= 0.3 is 5.97 Å². The second-order valence-electron chi connectivity index (χ2n) is 6.92. The quantitative estimate of drug-likeness (QED) is 0.550. The van der Waals surface area contributed by atoms with Gasteiger partial charge in [0, 0.05) is 23.1 Å². The molecule has 5 nitrogen and oxygen atoms in total. The van der Waals surface area contributed by atoms with Gasteiger partial charge in [-0.1, -0.05) is 29.8 Å². The molecular formula is C23H22ClNO4. The molecular weight excluding hydrogens is 390 g/mol. The Kier molecular flexibility index (Phi) is 6.39. The van der Waals surface area contributed by atoms with Crippen LogP contribution in [0.1, 0.15) is 28.7 Å². The highest BCUT2D eigenvalue weighted by Gasteiger charge is 2.10. The highest BCUT2D eigenvalue weighted by molar-refractivity contribution is 6.31. The number of aromatic nitrogens is 1. The van der Waals surface area contributed by atoms with Crippen molar-refractivity contribution in [2.24, 2.45) is 0 Å². The van der Waals surface area contributed by atoms with Gasteiger partial charge in [0.05, 0.1) is 5.69 Å². The van der Waals surface area contributed by atoms with Gasteiger partial charge in [0.1, 0.15) is 12.4 Å². The van der Waals surface area contributed by atoms with Crippen molar-refractivity contribution in [2.45, 2.75) is 33.3 Å². The zero-order valence-corrected chi connectivity index (χ0v) is 17.0. The molecule has 0 bridgehead atoms. The van der Waals surface area contributed by atoms with Crippen LogP contribution in [-0.2, 0) is 17.8 Å². The summed E-state index contributed by atoms with van der Waals surface area (Å²) in [5, 5.41) is 19.1. The van der Waals surface area contributed by atoms with E-state index in [-0.39, 0.29) is 12.2 Å². The van der Waals surface area contributed by atoms with Crippen LogP contribution in [0.4, 0.5) is 0 Å². The first kappa shape index (κ1) is 20.7. The summed E-state index contributed by atoms with van der Waals surface area (Å²) >= 11 is 6.26. The van der Waals surface area contributed by atoms with Gasteiger partial charge in [0.15, 0.2) is 0 Å². The number of benzene rings is 2. The van der Waals surface area contributed by atoms with Crippen molar-refractivity contribution in [1.29, 1.82) is 0 Å². The molecule has 0 fully saturated rings. The molecule has 1 aromatic heterocycles. The molecule has 6 heteroatoms. The predicted molar refractivity (Wildman–Crippen MR) is 113 cm³/mol. The van der Waals surface area contributed by atoms with E-state index in [9.17, 15) is 9.90 Å². The van der Waals surface area contributed by atoms with Crippen molar-refractivity contribution >= 4 is 17.6 Å². The van der Waals surface area contributed by atoms with E-state index in [1.807, 2.05) is 38.1 Å². The summed E-state index contributed by atoms with van der Waals surface area (Å²) in [5.74, 6) is -0.126. The number of phenols is 1. The van der Waals surface area contributed by atoms with Crippen molar-refractivity contribution in [2.75, 3.05) is 0 Å². The Morgan fingerprint density at radius 3 is 2.48 bits per heavy atom. The van der Waals surface area contributed by atoms with Crippen molar-refractivity contribution in [3.8, 4) is 22.9 Å². The van der Waals surface area contributed by atoms with Gasteiger partial charge < -0.3 is 14.9 Å². The lowest BCUT2D eigenvalue weighted by Crippen LogP contribution is -2.01. The van der Waals surface area contributed by atoms with E-state index in [0.717, 1.165) is 33.5 Å². The molecule has 1 heterocycles. The third-order valence-corrected chi connectivity index (χ3v) is 4.96. The Bertz CT molecular complexity index is 1030. The average molecular weight is 412 g/mol. The first-order valence-corrected chi connectivity index (χ1v) is 9.61. The summed E-state index contributed by atoms with van der Waals surface area (Å²) < 4.78 is 5.84. The van der Waals surface area contributed by atoms with E-state index in [0.29, 0.717) is 23.9 Å². The molecule has 0 radical (unpaired) electrons. The summed E-state index contributed by atoms with van der Waals surface area (Å²) in [4.78, 5) is 15.3. The fourth-order valence-corrected chi connectivity index (χ4v) is 3.56. The van der Waals surface area contributed by atoms with Gasteiger partial charge in [-0.25, -0.2) is 4.98 Å². The fourth-order valence-electron chi connectivity index (χ4n) is 3.26. The number of ether oxygens (including phenoxy) is 1. The Morgan fingerprint density at radius 1 is 1.10 bits per heavy atom. The molecule has 0 aliphatic rings. The summed E-state index contributed by atoms with van der Waals surface area (Å²) in [6, 6.07) is 14.5. The number of aryl methyl sites for hydroxylation is 3. The number of pyridine rings is 1. The normalized spacial score (nSPS) is 10.7. The van der Waals surface area contributed by atoms with Crippen molar-refractivity contribution in [3.05, 3.63) is 75.8 Å². The van der Waals surface area contributed by atoms with Crippen LogP contribution in [0, 0.1) is 13.8 Å². The van der Waals surface area contributed by atoms with Crippen molar-refractivity contribution < 1.29 is 19.7 Å². The van der Waals surface area contributed by atoms with Gasteiger partial charge in [-0.3, -0.25) is 4.79 Å². The number of carboxylic acids is 1. The summed E-state index contributed by atoms with van der Waals surface area (Å²) in [6.07, 6.45) is 0.437. The molecule has 2 aromatic carbocycles. The molecule has 0 atom stereocenters. The van der Waals surface area contributed by atoms with Crippen LogP contribution in [0.15, 0.2) is 48.5 Å². The topological polar surface area (TPSA) is 79.7 Å². The zero-order valence-electron chi connectivity index (χ0n) is 16.3. The van der Waals surface area contributed by atoms with E-state index in [2.05, 4.69) is 4.98 Å². The largest absolute Gasteiger partial charge is 0.508 e. The number of phenolic OH excluding ortho intramolecular Hbond substituents is 1. The Morgan fingerprint density at radius 2 is 1.83 bits per heavy atom. The minimum Gasteiger partial charge on any atom is -0.508 e. The van der Waals surface area contributed by atoms with Crippen LogP contribution >= 0.6 is 11.6 Å². The molecule has 0 aliphatic carbocycles. The third kappa shape index (κ3) is 5.27. The number of aromatic hydroxyl groups is 1. The molecule has 3 rings (SSSR count). The second-order valence-corrected chi connectivity index (χ2v) is 7.33. The van der Waals surface area contributed by atoms with E-state index in [1.165, 1.54) is 0 Å². The Labute approximate surface area is 174 Å². The third-order valence-electron chi connectivity index (χ3n) is 4.61. The maximum atomic E-state index is 10.7. The maximum Gasteiger partial charge on any atom is 0.303 e. The first-order valence-electron chi connectivity index (χ1n) is 9.23. The summed E-state index contributed by atoms with van der Waals surface area (Å²) in [5.41, 5.74) is 5.31. The van der Waals surface area contributed by atoms with Gasteiger partial charge in [-0.05, 0) is 66.8 Å². The number of nitrogens with zero attached hydrogens (tertiary/aromatic N) is 1. The molecule has 0 unspecified atom stereocenters. The lowest BCUT2D eigenvalue weighted by molar-refractivity contribution is -0.136. The van der Waals surface area contributed by atoms with Crippen LogP contribution in [0.2, 0.25) is 5.02 Å². The summed E-state index contributed by atoms with van der Waals surface area (Å²) in [7, 11) is 0. The van der Waals surface area contributed by atoms with Gasteiger partial charge in [-0.15, -0.1) is 0 Å². The van der Waals surface area contributed by atoms with Crippen LogP contribution in [0.3, 0.4) is 0 Å². The van der Waals surface area contributed by atoms with Crippen LogP contribution in [-0.4, -0.2) is 21.2 Å². The molecule has 0 spiro atoms. The number of carboxylic acid groups (broad SMARTS) is 1. The summed E-state index contributed by atoms with van der Waals surface area (Å²) in [6.45, 7) is 4.17. The van der Waals surface area contributed by atoms with Crippen LogP contribution < -0.4 is 4.74 Å². The van der Waals surface area contributed by atoms with E-state index in [1.54, 1.807) is 24.3 Å². The van der Waals surface area contributed by atoms with Gasteiger partial charge in [0.2, 0.25) is 5.88 Å². The monoisotopic (exact) mass is 411 g/mol. The van der Waals surface area contributed by atoms with E-state index >= 15 is 0 Å². The molecule has 0 saturated carbocycles. The van der Waals surface area contributed by atoms with Crippen LogP contribution in [0.25, 0.3) is 11.3 Å². The zero-order chi connectivity index (χ0) is 21.0. The number of hydrogen-bond donors (Lipinski definition) is 2. The molecule has 2 N–H and O–H groups in total. The van der Waals surface area contributed by atoms with E-state index < -0.39 is 5.97 Å². The molecule has 0 saturated heterocycles. The molecule has 3 aromatic rings. The molecule has 29 heavy (non-hydrogen) atoms. The fraction of sp³-hybridized carbons (Fsp3) is 0.217. The highest BCUT2D eigenvalue weighted by Crippen LogP contribution is 2.30. The van der Waals surface area contributed by atoms with E-state index in [4.69, 9.17) is 21.4 Å². The lowest BCUT2D eigenvalue weighted by Gasteiger charge is -2.12. The first-order chi connectivity index (χ1) is 13.8. The number of halogens is 1. The lowest BCUT2D eigenvalue weighted by atomic mass is 9.99. The Hall–Kier alpha value is -3.05. The highest BCUT2D eigenvalue weighted by atomic mass is 35.5.